The average Bonchev–Trinajstić information content (AvgIpc) is 3.44. The number of benzene rings is 1. The van der Waals surface area contributed by atoms with Crippen molar-refractivity contribution >= 4 is 11.8 Å². The molecule has 6 nitrogen and oxygen atoms in total. The standard InChI is InChI=1S/C20H29N3O3/c1-15(2)16-3-7-18(8-4-16)26-14-20(25)23-11-9-22(10-12-23)13-19(24)21-17-5-6-17/h3-4,7-8,15,17H,5-6,9-14H2,1-2H3,(H,21,24). The van der Waals surface area contributed by atoms with Crippen LogP contribution in [0.5, 0.6) is 5.75 Å². The predicted molar refractivity (Wildman–Crippen MR) is 100 cm³/mol. The summed E-state index contributed by atoms with van der Waals surface area (Å²) in [6, 6.07) is 8.31. The van der Waals surface area contributed by atoms with Crippen molar-refractivity contribution < 1.29 is 14.3 Å². The first-order chi connectivity index (χ1) is 12.5. The Labute approximate surface area is 155 Å². The Hall–Kier alpha value is -2.08. The van der Waals surface area contributed by atoms with Crippen LogP contribution < -0.4 is 10.1 Å². The molecule has 0 atom stereocenters. The van der Waals surface area contributed by atoms with Crippen LogP contribution in [0.15, 0.2) is 24.3 Å². The van der Waals surface area contributed by atoms with Crippen molar-refractivity contribution in [3.05, 3.63) is 29.8 Å². The van der Waals surface area contributed by atoms with E-state index in [9.17, 15) is 9.59 Å². The molecule has 2 aliphatic rings. The molecule has 1 aliphatic carbocycles. The highest BCUT2D eigenvalue weighted by atomic mass is 16.5. The van der Waals surface area contributed by atoms with Gasteiger partial charge < -0.3 is 15.0 Å². The van der Waals surface area contributed by atoms with E-state index in [4.69, 9.17) is 4.74 Å². The lowest BCUT2D eigenvalue weighted by atomic mass is 10.0. The Bertz CT molecular complexity index is 618. The monoisotopic (exact) mass is 359 g/mol. The van der Waals surface area contributed by atoms with Crippen LogP contribution in [0.2, 0.25) is 0 Å². The Morgan fingerprint density at radius 2 is 1.77 bits per heavy atom. The van der Waals surface area contributed by atoms with E-state index < -0.39 is 0 Å². The molecule has 142 valence electrons. The molecule has 0 bridgehead atoms. The van der Waals surface area contributed by atoms with Gasteiger partial charge in [-0.15, -0.1) is 0 Å². The first-order valence-corrected chi connectivity index (χ1v) is 9.53. The van der Waals surface area contributed by atoms with Crippen LogP contribution in [0, 0.1) is 0 Å². The molecule has 1 saturated carbocycles. The van der Waals surface area contributed by atoms with Crippen molar-refractivity contribution in [3.8, 4) is 5.75 Å². The highest BCUT2D eigenvalue weighted by Gasteiger charge is 2.26. The quantitative estimate of drug-likeness (QED) is 0.803. The van der Waals surface area contributed by atoms with Crippen LogP contribution in [0.1, 0.15) is 38.2 Å². The lowest BCUT2D eigenvalue weighted by Gasteiger charge is -2.34. The molecule has 1 aromatic rings. The predicted octanol–water partition coefficient (Wildman–Crippen LogP) is 1.61. The van der Waals surface area contributed by atoms with Gasteiger partial charge in [0.2, 0.25) is 5.91 Å². The molecule has 1 saturated heterocycles. The van der Waals surface area contributed by atoms with Crippen LogP contribution in [0.4, 0.5) is 0 Å². The first-order valence-electron chi connectivity index (χ1n) is 9.53. The average molecular weight is 359 g/mol. The molecule has 2 amide bonds. The van der Waals surface area contributed by atoms with Gasteiger partial charge in [-0.3, -0.25) is 14.5 Å². The normalized spacial score (nSPS) is 18.0. The molecule has 1 aromatic carbocycles. The number of piperazine rings is 1. The van der Waals surface area contributed by atoms with Crippen molar-refractivity contribution in [3.63, 3.8) is 0 Å². The molecular weight excluding hydrogens is 330 g/mol. The summed E-state index contributed by atoms with van der Waals surface area (Å²) in [7, 11) is 0. The van der Waals surface area contributed by atoms with Crippen molar-refractivity contribution in [2.24, 2.45) is 0 Å². The van der Waals surface area contributed by atoms with E-state index >= 15 is 0 Å². The molecule has 0 aromatic heterocycles. The lowest BCUT2D eigenvalue weighted by molar-refractivity contribution is -0.135. The number of rotatable bonds is 7. The maximum Gasteiger partial charge on any atom is 0.260 e. The van der Waals surface area contributed by atoms with Crippen LogP contribution >= 0.6 is 0 Å². The van der Waals surface area contributed by atoms with Crippen LogP contribution in [0.25, 0.3) is 0 Å². The van der Waals surface area contributed by atoms with E-state index in [1.165, 1.54) is 5.56 Å². The van der Waals surface area contributed by atoms with Gasteiger partial charge in [0.05, 0.1) is 6.54 Å². The molecule has 1 heterocycles. The summed E-state index contributed by atoms with van der Waals surface area (Å²) < 4.78 is 5.63. The molecular formula is C20H29N3O3. The highest BCUT2D eigenvalue weighted by molar-refractivity contribution is 5.79. The molecule has 6 heteroatoms. The Kier molecular flexibility index (Phi) is 6.14. The molecule has 3 rings (SSSR count). The van der Waals surface area contributed by atoms with Crippen molar-refractivity contribution in [1.29, 1.82) is 0 Å². The van der Waals surface area contributed by atoms with Crippen LogP contribution in [-0.2, 0) is 9.59 Å². The van der Waals surface area contributed by atoms with Gasteiger partial charge in [0.15, 0.2) is 6.61 Å². The van der Waals surface area contributed by atoms with Gasteiger partial charge in [0.25, 0.3) is 5.91 Å². The van der Waals surface area contributed by atoms with Crippen molar-refractivity contribution in [2.75, 3.05) is 39.3 Å². The van der Waals surface area contributed by atoms with E-state index in [1.807, 2.05) is 29.2 Å². The number of ether oxygens (including phenoxy) is 1. The molecule has 1 aliphatic heterocycles. The summed E-state index contributed by atoms with van der Waals surface area (Å²) in [5, 5.41) is 3.00. The number of nitrogens with zero attached hydrogens (tertiary/aromatic N) is 2. The third-order valence-corrected chi connectivity index (χ3v) is 4.94. The van der Waals surface area contributed by atoms with Gasteiger partial charge in [-0.1, -0.05) is 26.0 Å². The number of carbonyl (C=O) groups is 2. The third kappa shape index (κ3) is 5.46. The molecule has 26 heavy (non-hydrogen) atoms. The highest BCUT2D eigenvalue weighted by Crippen LogP contribution is 2.19. The second kappa shape index (κ2) is 8.54. The second-order valence-corrected chi connectivity index (χ2v) is 7.51. The number of hydrogen-bond acceptors (Lipinski definition) is 4. The molecule has 1 N–H and O–H groups in total. The molecule has 0 unspecified atom stereocenters. The van der Waals surface area contributed by atoms with Gasteiger partial charge in [0, 0.05) is 32.2 Å². The van der Waals surface area contributed by atoms with Crippen molar-refractivity contribution in [2.45, 2.75) is 38.6 Å². The first kappa shape index (κ1) is 18.7. The van der Waals surface area contributed by atoms with Gasteiger partial charge in [-0.25, -0.2) is 0 Å². The van der Waals surface area contributed by atoms with Crippen LogP contribution in [0.3, 0.4) is 0 Å². The summed E-state index contributed by atoms with van der Waals surface area (Å²) in [5.74, 6) is 1.30. The summed E-state index contributed by atoms with van der Waals surface area (Å²) in [6.45, 7) is 7.53. The number of amides is 2. The minimum Gasteiger partial charge on any atom is -0.484 e. The third-order valence-electron chi connectivity index (χ3n) is 4.94. The summed E-state index contributed by atoms with van der Waals surface area (Å²) in [5.41, 5.74) is 1.26. The molecule has 2 fully saturated rings. The zero-order valence-corrected chi connectivity index (χ0v) is 15.7. The van der Waals surface area contributed by atoms with E-state index in [2.05, 4.69) is 24.1 Å². The van der Waals surface area contributed by atoms with E-state index in [1.54, 1.807) is 0 Å². The van der Waals surface area contributed by atoms with Gasteiger partial charge in [0.1, 0.15) is 5.75 Å². The maximum absolute atomic E-state index is 12.3. The fourth-order valence-corrected chi connectivity index (χ4v) is 3.04. The van der Waals surface area contributed by atoms with E-state index in [0.717, 1.165) is 31.7 Å². The zero-order valence-electron chi connectivity index (χ0n) is 15.7. The minimum absolute atomic E-state index is 0.0000167. The Balaban J connectivity index is 1.37. The fourth-order valence-electron chi connectivity index (χ4n) is 3.04. The zero-order chi connectivity index (χ0) is 18.5. The topological polar surface area (TPSA) is 61.9 Å². The van der Waals surface area contributed by atoms with Gasteiger partial charge in [-0.05, 0) is 36.5 Å². The largest absolute Gasteiger partial charge is 0.484 e. The lowest BCUT2D eigenvalue weighted by Crippen LogP contribution is -2.52. The van der Waals surface area contributed by atoms with Gasteiger partial charge in [-0.2, -0.15) is 0 Å². The maximum atomic E-state index is 12.3. The number of carbonyl (C=O) groups excluding carboxylic acids is 2. The molecule has 0 spiro atoms. The van der Waals surface area contributed by atoms with Crippen molar-refractivity contribution in [1.82, 2.24) is 15.1 Å². The van der Waals surface area contributed by atoms with E-state index in [0.29, 0.717) is 31.6 Å². The van der Waals surface area contributed by atoms with Gasteiger partial charge >= 0.3 is 0 Å². The fraction of sp³-hybridized carbons (Fsp3) is 0.600. The number of hydrogen-bond donors (Lipinski definition) is 1. The molecule has 0 radical (unpaired) electrons. The second-order valence-electron chi connectivity index (χ2n) is 7.51. The number of nitrogens with one attached hydrogen (secondary N) is 1. The smallest absolute Gasteiger partial charge is 0.260 e. The Morgan fingerprint density at radius 1 is 1.12 bits per heavy atom. The summed E-state index contributed by atoms with van der Waals surface area (Å²) >= 11 is 0. The van der Waals surface area contributed by atoms with Crippen LogP contribution in [-0.4, -0.2) is 67.0 Å². The minimum atomic E-state index is 0.0000167. The Morgan fingerprint density at radius 3 is 2.35 bits per heavy atom. The SMILES string of the molecule is CC(C)c1ccc(OCC(=O)N2CCN(CC(=O)NC3CC3)CC2)cc1. The van der Waals surface area contributed by atoms with E-state index in [-0.39, 0.29) is 18.4 Å². The summed E-state index contributed by atoms with van der Waals surface area (Å²) in [6.07, 6.45) is 2.21. The summed E-state index contributed by atoms with van der Waals surface area (Å²) in [4.78, 5) is 28.1.